The molecule has 0 fully saturated rings. The predicted molar refractivity (Wildman–Crippen MR) is 38.6 cm³/mol. The Kier molecular flexibility index (Phi) is 1.84. The van der Waals surface area contributed by atoms with Gasteiger partial charge in [-0.15, -0.1) is 0 Å². The zero-order valence-corrected chi connectivity index (χ0v) is 5.94. The molecule has 1 aliphatic rings. The minimum atomic E-state index is 0.775. The average Bonchev–Trinajstić information content (AvgIpc) is 1.64. The molecule has 0 aliphatic carbocycles. The Bertz CT molecular complexity index is 101. The lowest BCUT2D eigenvalue weighted by molar-refractivity contribution is 0.446. The Morgan fingerprint density at radius 1 is 1.75 bits per heavy atom. The molecule has 0 saturated heterocycles. The first-order valence-electron chi connectivity index (χ1n) is 2.91. The topological polar surface area (TPSA) is 3.24 Å². The Morgan fingerprint density at radius 2 is 2.50 bits per heavy atom. The largest absolute Gasteiger partial charge is 0.326 e. The van der Waals surface area contributed by atoms with Gasteiger partial charge in [-0.25, -0.2) is 0 Å². The molecule has 0 amide bonds. The molecular formula is C6H11NS. The van der Waals surface area contributed by atoms with Crippen molar-refractivity contribution in [3.8, 4) is 0 Å². The summed E-state index contributed by atoms with van der Waals surface area (Å²) in [4.78, 5) is 0. The summed E-state index contributed by atoms with van der Waals surface area (Å²) in [7, 11) is 0. The van der Waals surface area contributed by atoms with Crippen LogP contribution in [0.4, 0.5) is 0 Å². The van der Waals surface area contributed by atoms with Crippen LogP contribution in [0.2, 0.25) is 0 Å². The third kappa shape index (κ3) is 1.44. The molecule has 0 saturated carbocycles. The van der Waals surface area contributed by atoms with Gasteiger partial charge >= 0.3 is 0 Å². The molecule has 0 bridgehead atoms. The van der Waals surface area contributed by atoms with Crippen molar-refractivity contribution >= 4 is 12.8 Å². The van der Waals surface area contributed by atoms with Gasteiger partial charge in [-0.1, -0.05) is 25.8 Å². The summed E-state index contributed by atoms with van der Waals surface area (Å²) in [6, 6.07) is 0. The SMILES string of the molecule is CC1CC=CN(S)C1. The smallest absolute Gasteiger partial charge is 0.0315 e. The predicted octanol–water partition coefficient (Wildman–Crippen LogP) is 1.69. The number of nitrogens with zero attached hydrogens (tertiary/aromatic N) is 1. The standard InChI is InChI=1S/C6H11NS/c1-6-3-2-4-7(8)5-6/h2,4,6,8H,3,5H2,1H3. The summed E-state index contributed by atoms with van der Waals surface area (Å²) in [5.74, 6) is 0.775. The summed E-state index contributed by atoms with van der Waals surface area (Å²) < 4.78 is 1.92. The van der Waals surface area contributed by atoms with Gasteiger partial charge in [0.05, 0.1) is 0 Å². The van der Waals surface area contributed by atoms with E-state index in [0.717, 1.165) is 12.5 Å². The van der Waals surface area contributed by atoms with E-state index in [1.807, 2.05) is 10.5 Å². The molecule has 1 nitrogen and oxygen atoms in total. The van der Waals surface area contributed by atoms with Crippen molar-refractivity contribution in [2.45, 2.75) is 13.3 Å². The second kappa shape index (κ2) is 2.44. The van der Waals surface area contributed by atoms with Gasteiger partial charge in [0, 0.05) is 12.7 Å². The maximum absolute atomic E-state index is 4.17. The van der Waals surface area contributed by atoms with Crippen LogP contribution in [0.25, 0.3) is 0 Å². The first kappa shape index (κ1) is 6.02. The quantitative estimate of drug-likeness (QED) is 0.487. The lowest BCUT2D eigenvalue weighted by Crippen LogP contribution is -2.17. The van der Waals surface area contributed by atoms with Crippen LogP contribution in [0.3, 0.4) is 0 Å². The number of thiol groups is 1. The first-order chi connectivity index (χ1) is 3.79. The van der Waals surface area contributed by atoms with Gasteiger partial charge in [-0.2, -0.15) is 0 Å². The van der Waals surface area contributed by atoms with Gasteiger partial charge < -0.3 is 4.31 Å². The molecule has 1 aliphatic heterocycles. The number of rotatable bonds is 0. The molecule has 1 rings (SSSR count). The molecule has 1 unspecified atom stereocenters. The molecule has 2 heteroatoms. The second-order valence-electron chi connectivity index (χ2n) is 2.35. The lowest BCUT2D eigenvalue weighted by atomic mass is 10.1. The second-order valence-corrected chi connectivity index (χ2v) is 2.86. The van der Waals surface area contributed by atoms with Crippen LogP contribution in [0.1, 0.15) is 13.3 Å². The highest BCUT2D eigenvalue weighted by Crippen LogP contribution is 2.13. The minimum Gasteiger partial charge on any atom is -0.326 e. The fraction of sp³-hybridized carbons (Fsp3) is 0.667. The minimum absolute atomic E-state index is 0.775. The van der Waals surface area contributed by atoms with Crippen molar-refractivity contribution in [2.24, 2.45) is 5.92 Å². The van der Waals surface area contributed by atoms with Crippen molar-refractivity contribution < 1.29 is 0 Å². The van der Waals surface area contributed by atoms with Crippen LogP contribution in [0.5, 0.6) is 0 Å². The highest BCUT2D eigenvalue weighted by Gasteiger charge is 2.05. The normalized spacial score (nSPS) is 28.8. The molecule has 0 aromatic heterocycles. The Morgan fingerprint density at radius 3 is 2.88 bits per heavy atom. The van der Waals surface area contributed by atoms with E-state index >= 15 is 0 Å². The fourth-order valence-electron chi connectivity index (χ4n) is 0.870. The van der Waals surface area contributed by atoms with Crippen molar-refractivity contribution in [1.82, 2.24) is 4.31 Å². The Hall–Kier alpha value is -0.110. The van der Waals surface area contributed by atoms with Crippen LogP contribution in [0.15, 0.2) is 12.3 Å². The van der Waals surface area contributed by atoms with Crippen LogP contribution in [0, 0.1) is 5.92 Å². The zero-order chi connectivity index (χ0) is 5.98. The lowest BCUT2D eigenvalue weighted by Gasteiger charge is -2.21. The van der Waals surface area contributed by atoms with E-state index in [2.05, 4.69) is 25.8 Å². The van der Waals surface area contributed by atoms with Crippen molar-refractivity contribution in [1.29, 1.82) is 0 Å². The summed E-state index contributed by atoms with van der Waals surface area (Å²) in [6.45, 7) is 3.31. The van der Waals surface area contributed by atoms with Gasteiger partial charge in [0.25, 0.3) is 0 Å². The first-order valence-corrected chi connectivity index (χ1v) is 3.31. The molecule has 8 heavy (non-hydrogen) atoms. The number of hydrogen-bond donors (Lipinski definition) is 1. The summed E-state index contributed by atoms with van der Waals surface area (Å²) >= 11 is 4.17. The highest BCUT2D eigenvalue weighted by molar-refractivity contribution is 7.77. The van der Waals surface area contributed by atoms with E-state index in [0.29, 0.717) is 0 Å². The molecule has 0 aromatic carbocycles. The zero-order valence-electron chi connectivity index (χ0n) is 5.04. The summed E-state index contributed by atoms with van der Waals surface area (Å²) in [5.41, 5.74) is 0. The van der Waals surface area contributed by atoms with Crippen LogP contribution >= 0.6 is 12.8 Å². The van der Waals surface area contributed by atoms with Crippen LogP contribution in [-0.4, -0.2) is 10.8 Å². The number of hydrogen-bond acceptors (Lipinski definition) is 2. The maximum atomic E-state index is 4.17. The van der Waals surface area contributed by atoms with E-state index in [4.69, 9.17) is 0 Å². The average molecular weight is 129 g/mol. The van der Waals surface area contributed by atoms with E-state index in [1.54, 1.807) is 0 Å². The van der Waals surface area contributed by atoms with Crippen molar-refractivity contribution in [2.75, 3.05) is 6.54 Å². The summed E-state index contributed by atoms with van der Waals surface area (Å²) in [5, 5.41) is 0. The van der Waals surface area contributed by atoms with Gasteiger partial charge in [-0.3, -0.25) is 0 Å². The van der Waals surface area contributed by atoms with Gasteiger partial charge in [0.1, 0.15) is 0 Å². The molecule has 1 heterocycles. The van der Waals surface area contributed by atoms with E-state index in [9.17, 15) is 0 Å². The molecule has 0 aromatic rings. The number of allylic oxidation sites excluding steroid dienone is 1. The Balaban J connectivity index is 2.42. The third-order valence-electron chi connectivity index (χ3n) is 1.31. The Labute approximate surface area is 55.9 Å². The van der Waals surface area contributed by atoms with Crippen molar-refractivity contribution in [3.63, 3.8) is 0 Å². The van der Waals surface area contributed by atoms with E-state index < -0.39 is 0 Å². The third-order valence-corrected chi connectivity index (χ3v) is 1.61. The van der Waals surface area contributed by atoms with Crippen LogP contribution in [-0.2, 0) is 0 Å². The molecular weight excluding hydrogens is 118 g/mol. The molecule has 46 valence electrons. The molecule has 0 radical (unpaired) electrons. The van der Waals surface area contributed by atoms with Crippen molar-refractivity contribution in [3.05, 3.63) is 12.3 Å². The monoisotopic (exact) mass is 129 g/mol. The molecule has 0 N–H and O–H groups in total. The van der Waals surface area contributed by atoms with Gasteiger partial charge in [-0.05, 0) is 12.3 Å². The highest BCUT2D eigenvalue weighted by atomic mass is 32.1. The summed E-state index contributed by atoms with van der Waals surface area (Å²) in [6.07, 6.45) is 5.38. The van der Waals surface area contributed by atoms with E-state index in [-0.39, 0.29) is 0 Å². The fourth-order valence-corrected chi connectivity index (χ4v) is 1.24. The molecule has 1 atom stereocenters. The molecule has 0 spiro atoms. The van der Waals surface area contributed by atoms with Crippen LogP contribution < -0.4 is 0 Å². The van der Waals surface area contributed by atoms with E-state index in [1.165, 1.54) is 6.42 Å². The van der Waals surface area contributed by atoms with Gasteiger partial charge in [0.2, 0.25) is 0 Å². The van der Waals surface area contributed by atoms with Gasteiger partial charge in [0.15, 0.2) is 0 Å². The maximum Gasteiger partial charge on any atom is 0.0315 e.